The molecule has 4 nitrogen and oxygen atoms in total. The average molecular weight is 411 g/mol. The maximum Gasteiger partial charge on any atom is 0.310 e. The van der Waals surface area contributed by atoms with Crippen LogP contribution in [-0.2, 0) is 9.53 Å². The van der Waals surface area contributed by atoms with E-state index >= 15 is 0 Å². The summed E-state index contributed by atoms with van der Waals surface area (Å²) >= 11 is 8.15. The van der Waals surface area contributed by atoms with E-state index in [1.54, 1.807) is 11.0 Å². The number of hydrogen-bond donors (Lipinski definition) is 0. The molecule has 0 bridgehead atoms. The Morgan fingerprint density at radius 2 is 2.21 bits per heavy atom. The Bertz CT molecular complexity index is 484. The Balaban J connectivity index is 2.09. The predicted octanol–water partition coefficient (Wildman–Crippen LogP) is 3.30. The second kappa shape index (κ2) is 6.37. The van der Waals surface area contributed by atoms with Crippen molar-refractivity contribution < 1.29 is 14.3 Å². The van der Waals surface area contributed by atoms with Crippen LogP contribution in [0.25, 0.3) is 0 Å². The fraction of sp³-hybridized carbons (Fsp3) is 0.500. The maximum atomic E-state index is 12.4. The van der Waals surface area contributed by atoms with E-state index in [1.165, 1.54) is 18.4 Å². The Kier molecular flexibility index (Phi) is 5.03. The number of esters is 1. The lowest BCUT2D eigenvalue weighted by molar-refractivity contribution is -0.146. The van der Waals surface area contributed by atoms with Gasteiger partial charge in [0.1, 0.15) is 0 Å². The van der Waals surface area contributed by atoms with E-state index in [1.807, 2.05) is 0 Å². The molecule has 0 aliphatic carbocycles. The number of nitrogens with zero attached hydrogens (tertiary/aromatic N) is 1. The van der Waals surface area contributed by atoms with Crippen LogP contribution in [0.15, 0.2) is 14.3 Å². The van der Waals surface area contributed by atoms with Gasteiger partial charge in [-0.15, -0.1) is 11.3 Å². The van der Waals surface area contributed by atoms with Crippen molar-refractivity contribution in [1.82, 2.24) is 4.90 Å². The van der Waals surface area contributed by atoms with Crippen LogP contribution >= 0.6 is 43.2 Å². The summed E-state index contributed by atoms with van der Waals surface area (Å²) in [6.45, 7) is 1.14. The van der Waals surface area contributed by atoms with Crippen LogP contribution in [0.5, 0.6) is 0 Å². The number of carbonyl (C=O) groups is 2. The molecule has 0 aromatic carbocycles. The molecule has 1 aromatic heterocycles. The van der Waals surface area contributed by atoms with Gasteiger partial charge in [0.05, 0.1) is 21.7 Å². The summed E-state index contributed by atoms with van der Waals surface area (Å²) in [6.07, 6.45) is 1.62. The molecule has 0 unspecified atom stereocenters. The molecule has 1 atom stereocenters. The van der Waals surface area contributed by atoms with E-state index < -0.39 is 0 Å². The van der Waals surface area contributed by atoms with Crippen LogP contribution in [0.1, 0.15) is 22.5 Å². The van der Waals surface area contributed by atoms with Gasteiger partial charge in [0.25, 0.3) is 5.91 Å². The number of likely N-dealkylation sites (tertiary alicyclic amines) is 1. The van der Waals surface area contributed by atoms with Crippen LogP contribution in [-0.4, -0.2) is 37.0 Å². The molecule has 0 saturated carbocycles. The van der Waals surface area contributed by atoms with Crippen LogP contribution in [0.2, 0.25) is 0 Å². The summed E-state index contributed by atoms with van der Waals surface area (Å²) in [4.78, 5) is 26.3. The predicted molar refractivity (Wildman–Crippen MR) is 80.4 cm³/mol. The smallest absolute Gasteiger partial charge is 0.310 e. The van der Waals surface area contributed by atoms with Crippen LogP contribution < -0.4 is 0 Å². The molecule has 7 heteroatoms. The molecule has 1 aliphatic rings. The van der Waals surface area contributed by atoms with E-state index in [9.17, 15) is 9.59 Å². The van der Waals surface area contributed by atoms with E-state index in [0.29, 0.717) is 18.0 Å². The highest BCUT2D eigenvalue weighted by Crippen LogP contribution is 2.33. The van der Waals surface area contributed by atoms with Crippen molar-refractivity contribution in [2.24, 2.45) is 5.92 Å². The summed E-state index contributed by atoms with van der Waals surface area (Å²) in [6, 6.07) is 1.80. The zero-order chi connectivity index (χ0) is 14.0. The van der Waals surface area contributed by atoms with Crippen molar-refractivity contribution >= 4 is 55.1 Å². The van der Waals surface area contributed by atoms with Crippen LogP contribution in [0.3, 0.4) is 0 Å². The summed E-state index contributed by atoms with van der Waals surface area (Å²) < 4.78 is 6.53. The van der Waals surface area contributed by atoms with Gasteiger partial charge < -0.3 is 9.64 Å². The highest BCUT2D eigenvalue weighted by Gasteiger charge is 2.30. The third-order valence-corrected chi connectivity index (χ3v) is 6.34. The summed E-state index contributed by atoms with van der Waals surface area (Å²) in [7, 11) is 1.39. The average Bonchev–Trinajstić information content (AvgIpc) is 2.77. The molecule has 19 heavy (non-hydrogen) atoms. The lowest BCUT2D eigenvalue weighted by atomic mass is 9.98. The zero-order valence-corrected chi connectivity index (χ0v) is 14.3. The largest absolute Gasteiger partial charge is 0.469 e. The number of thiophene rings is 1. The number of amides is 1. The molecule has 1 aromatic rings. The first kappa shape index (κ1) is 15.0. The minimum absolute atomic E-state index is 0.0231. The molecule has 104 valence electrons. The monoisotopic (exact) mass is 409 g/mol. The van der Waals surface area contributed by atoms with Crippen molar-refractivity contribution in [2.45, 2.75) is 12.8 Å². The third kappa shape index (κ3) is 3.38. The van der Waals surface area contributed by atoms with E-state index in [2.05, 4.69) is 31.9 Å². The molecule has 2 heterocycles. The van der Waals surface area contributed by atoms with Gasteiger partial charge in [-0.05, 0) is 50.8 Å². The maximum absolute atomic E-state index is 12.4. The molecule has 1 fully saturated rings. The van der Waals surface area contributed by atoms with Gasteiger partial charge in [-0.25, -0.2) is 0 Å². The molecule has 2 rings (SSSR count). The molecule has 0 spiro atoms. The summed E-state index contributed by atoms with van der Waals surface area (Å²) in [5.74, 6) is -0.453. The van der Waals surface area contributed by atoms with E-state index in [4.69, 9.17) is 4.74 Å². The number of carbonyl (C=O) groups excluding carboxylic acids is 2. The first-order valence-corrected chi connectivity index (χ1v) is 8.25. The minimum Gasteiger partial charge on any atom is -0.469 e. The van der Waals surface area contributed by atoms with Crippen molar-refractivity contribution in [3.8, 4) is 0 Å². The molecular weight excluding hydrogens is 398 g/mol. The van der Waals surface area contributed by atoms with E-state index in [-0.39, 0.29) is 17.8 Å². The van der Waals surface area contributed by atoms with Gasteiger partial charge in [-0.3, -0.25) is 9.59 Å². The van der Waals surface area contributed by atoms with Gasteiger partial charge >= 0.3 is 5.97 Å². The molecule has 0 N–H and O–H groups in total. The third-order valence-electron chi connectivity index (χ3n) is 3.10. The number of piperidine rings is 1. The number of rotatable bonds is 2. The van der Waals surface area contributed by atoms with E-state index in [0.717, 1.165) is 21.1 Å². The fourth-order valence-corrected chi connectivity index (χ4v) is 4.13. The Hall–Kier alpha value is -0.400. The standard InChI is InChI=1S/C12H13Br2NO3S/c1-18-12(17)7-3-2-4-15(6-7)11(16)9-5-8(13)10(14)19-9/h5,7H,2-4,6H2,1H3/t7-/m0/s1. The molecule has 0 radical (unpaired) electrons. The lowest BCUT2D eigenvalue weighted by Crippen LogP contribution is -2.42. The zero-order valence-electron chi connectivity index (χ0n) is 10.3. The molecule has 1 amide bonds. The fourth-order valence-electron chi connectivity index (χ4n) is 2.13. The number of hydrogen-bond acceptors (Lipinski definition) is 4. The van der Waals surface area contributed by atoms with Crippen LogP contribution in [0, 0.1) is 5.92 Å². The second-order valence-corrected chi connectivity index (χ2v) is 7.57. The Labute approximate surface area is 132 Å². The minimum atomic E-state index is -0.231. The second-order valence-electron chi connectivity index (χ2n) is 4.35. The highest BCUT2D eigenvalue weighted by molar-refractivity contribution is 9.13. The highest BCUT2D eigenvalue weighted by atomic mass is 79.9. The van der Waals surface area contributed by atoms with Gasteiger partial charge in [0, 0.05) is 17.6 Å². The Morgan fingerprint density at radius 1 is 1.47 bits per heavy atom. The summed E-state index contributed by atoms with van der Waals surface area (Å²) in [5, 5.41) is 0. The van der Waals surface area contributed by atoms with Crippen molar-refractivity contribution in [2.75, 3.05) is 20.2 Å². The van der Waals surface area contributed by atoms with Crippen molar-refractivity contribution in [3.63, 3.8) is 0 Å². The lowest BCUT2D eigenvalue weighted by Gasteiger charge is -2.31. The Morgan fingerprint density at radius 3 is 2.79 bits per heavy atom. The van der Waals surface area contributed by atoms with Gasteiger partial charge in [0.15, 0.2) is 0 Å². The summed E-state index contributed by atoms with van der Waals surface area (Å²) in [5.41, 5.74) is 0. The molecular formula is C12H13Br2NO3S. The normalized spacial score (nSPS) is 19.3. The first-order valence-electron chi connectivity index (χ1n) is 5.85. The SMILES string of the molecule is COC(=O)[C@H]1CCCN(C(=O)c2cc(Br)c(Br)s2)C1. The van der Waals surface area contributed by atoms with Crippen LogP contribution in [0.4, 0.5) is 0 Å². The number of ether oxygens (including phenoxy) is 1. The molecule has 1 saturated heterocycles. The van der Waals surface area contributed by atoms with Crippen molar-refractivity contribution in [3.05, 3.63) is 19.2 Å². The van der Waals surface area contributed by atoms with Crippen molar-refractivity contribution in [1.29, 1.82) is 0 Å². The number of halogens is 2. The first-order chi connectivity index (χ1) is 9.02. The molecule has 1 aliphatic heterocycles. The van der Waals surface area contributed by atoms with Gasteiger partial charge in [-0.2, -0.15) is 0 Å². The quantitative estimate of drug-likeness (QED) is 0.702. The number of methoxy groups -OCH3 is 1. The van der Waals surface area contributed by atoms with Gasteiger partial charge in [0.2, 0.25) is 0 Å². The topological polar surface area (TPSA) is 46.6 Å². The van der Waals surface area contributed by atoms with Gasteiger partial charge in [-0.1, -0.05) is 0 Å².